The number of hydrogen-bond donors (Lipinski definition) is 1. The first-order chi connectivity index (χ1) is 10.7. The van der Waals surface area contributed by atoms with Crippen LogP contribution < -0.4 is 4.31 Å². The highest BCUT2D eigenvalue weighted by Crippen LogP contribution is 2.30. The summed E-state index contributed by atoms with van der Waals surface area (Å²) < 4.78 is 27.0. The molecule has 2 rings (SSSR count). The third-order valence-electron chi connectivity index (χ3n) is 3.08. The maximum atomic E-state index is 12.8. The van der Waals surface area contributed by atoms with Crippen molar-refractivity contribution in [2.45, 2.75) is 11.8 Å². The van der Waals surface area contributed by atoms with Gasteiger partial charge in [-0.2, -0.15) is 0 Å². The predicted octanol–water partition coefficient (Wildman–Crippen LogP) is 3.69. The lowest BCUT2D eigenvalue weighted by Gasteiger charge is -2.23. The first-order valence-corrected chi connectivity index (χ1v) is 9.09. The van der Waals surface area contributed by atoms with Gasteiger partial charge >= 0.3 is 5.97 Å². The van der Waals surface area contributed by atoms with E-state index in [2.05, 4.69) is 15.9 Å². The normalized spacial score (nSPS) is 11.3. The average molecular weight is 419 g/mol. The Bertz CT molecular complexity index is 837. The molecule has 0 saturated carbocycles. The number of rotatable bonds is 5. The molecule has 1 N–H and O–H groups in total. The van der Waals surface area contributed by atoms with E-state index in [9.17, 15) is 13.2 Å². The van der Waals surface area contributed by atoms with Crippen molar-refractivity contribution in [3.05, 3.63) is 57.5 Å². The molecule has 122 valence electrons. The van der Waals surface area contributed by atoms with E-state index in [0.29, 0.717) is 4.47 Å². The number of halogens is 2. The molecule has 0 atom stereocenters. The molecule has 0 saturated heterocycles. The summed E-state index contributed by atoms with van der Waals surface area (Å²) in [6.45, 7) is 1.13. The van der Waals surface area contributed by atoms with Crippen LogP contribution in [0.15, 0.2) is 51.8 Å². The number of carbonyl (C=O) groups is 1. The molecule has 0 bridgehead atoms. The van der Waals surface area contributed by atoms with Gasteiger partial charge in [0.2, 0.25) is 0 Å². The molecule has 8 heteroatoms. The van der Waals surface area contributed by atoms with E-state index in [1.807, 2.05) is 6.92 Å². The molecule has 5 nitrogen and oxygen atoms in total. The fraction of sp³-hybridized carbons (Fsp3) is 0.133. The molecule has 0 spiro atoms. The molecular weight excluding hydrogens is 406 g/mol. The SMILES string of the molecule is Cc1ccc(S(=O)(=O)N(CC(=O)O)c2ccc(Br)c(Cl)c2)cc1. The van der Waals surface area contributed by atoms with Gasteiger partial charge in [0.1, 0.15) is 6.54 Å². The van der Waals surface area contributed by atoms with E-state index >= 15 is 0 Å². The first-order valence-electron chi connectivity index (χ1n) is 6.48. The summed E-state index contributed by atoms with van der Waals surface area (Å²) in [5, 5.41) is 9.36. The number of benzene rings is 2. The van der Waals surface area contributed by atoms with E-state index in [4.69, 9.17) is 16.7 Å². The predicted molar refractivity (Wildman–Crippen MR) is 92.5 cm³/mol. The highest BCUT2D eigenvalue weighted by Gasteiger charge is 2.27. The molecule has 0 aliphatic rings. The van der Waals surface area contributed by atoms with Gasteiger partial charge in [-0.05, 0) is 53.2 Å². The summed E-state index contributed by atoms with van der Waals surface area (Å²) >= 11 is 9.21. The molecule has 0 amide bonds. The third-order valence-corrected chi connectivity index (χ3v) is 6.10. The number of aliphatic carboxylic acids is 1. The van der Waals surface area contributed by atoms with Gasteiger partial charge in [0.05, 0.1) is 15.6 Å². The largest absolute Gasteiger partial charge is 0.480 e. The van der Waals surface area contributed by atoms with Gasteiger partial charge in [0.15, 0.2) is 0 Å². The van der Waals surface area contributed by atoms with E-state index in [1.54, 1.807) is 18.2 Å². The number of sulfonamides is 1. The van der Waals surface area contributed by atoms with Gasteiger partial charge in [-0.1, -0.05) is 29.3 Å². The van der Waals surface area contributed by atoms with Crippen molar-refractivity contribution in [2.24, 2.45) is 0 Å². The minimum Gasteiger partial charge on any atom is -0.480 e. The van der Waals surface area contributed by atoms with Gasteiger partial charge in [0.25, 0.3) is 10.0 Å². The minimum absolute atomic E-state index is 0.0170. The van der Waals surface area contributed by atoms with Crippen LogP contribution in [0.3, 0.4) is 0 Å². The van der Waals surface area contributed by atoms with Gasteiger partial charge in [0, 0.05) is 4.47 Å². The number of nitrogens with zero attached hydrogens (tertiary/aromatic N) is 1. The Balaban J connectivity index is 2.55. The minimum atomic E-state index is -4.02. The molecule has 23 heavy (non-hydrogen) atoms. The zero-order valence-corrected chi connectivity index (χ0v) is 15.2. The van der Waals surface area contributed by atoms with Crippen LogP contribution in [-0.2, 0) is 14.8 Å². The number of anilines is 1. The molecule has 0 radical (unpaired) electrons. The molecule has 0 heterocycles. The molecule has 0 fully saturated rings. The average Bonchev–Trinajstić information content (AvgIpc) is 2.48. The van der Waals surface area contributed by atoms with Crippen LogP contribution in [0.5, 0.6) is 0 Å². The van der Waals surface area contributed by atoms with Crippen LogP contribution in [0, 0.1) is 6.92 Å². The highest BCUT2D eigenvalue weighted by molar-refractivity contribution is 9.10. The number of carboxylic acid groups (broad SMARTS) is 1. The van der Waals surface area contributed by atoms with Crippen LogP contribution in [0.25, 0.3) is 0 Å². The Morgan fingerprint density at radius 3 is 2.35 bits per heavy atom. The van der Waals surface area contributed by atoms with E-state index in [-0.39, 0.29) is 15.6 Å². The lowest BCUT2D eigenvalue weighted by molar-refractivity contribution is -0.135. The lowest BCUT2D eigenvalue weighted by atomic mass is 10.2. The quantitative estimate of drug-likeness (QED) is 0.803. The van der Waals surface area contributed by atoms with Crippen LogP contribution in [0.1, 0.15) is 5.56 Å². The van der Waals surface area contributed by atoms with Gasteiger partial charge < -0.3 is 5.11 Å². The second-order valence-electron chi connectivity index (χ2n) is 4.82. The molecular formula is C15H13BrClNO4S. The Labute approximate surface area is 147 Å². The van der Waals surface area contributed by atoms with Crippen LogP contribution >= 0.6 is 27.5 Å². The fourth-order valence-electron chi connectivity index (χ4n) is 1.92. The molecule has 0 aliphatic carbocycles. The summed E-state index contributed by atoms with van der Waals surface area (Å²) in [4.78, 5) is 11.1. The van der Waals surface area contributed by atoms with Crippen molar-refractivity contribution in [3.63, 3.8) is 0 Å². The number of aryl methyl sites for hydroxylation is 1. The summed E-state index contributed by atoms with van der Waals surface area (Å²) in [6.07, 6.45) is 0. The highest BCUT2D eigenvalue weighted by atomic mass is 79.9. The van der Waals surface area contributed by atoms with Crippen LogP contribution in [0.2, 0.25) is 5.02 Å². The summed E-state index contributed by atoms with van der Waals surface area (Å²) in [6, 6.07) is 10.7. The topological polar surface area (TPSA) is 74.7 Å². The molecule has 2 aromatic carbocycles. The second kappa shape index (κ2) is 6.90. The summed E-state index contributed by atoms with van der Waals surface area (Å²) in [5.74, 6) is -1.26. The molecule has 0 unspecified atom stereocenters. The van der Waals surface area contributed by atoms with E-state index in [1.165, 1.54) is 24.3 Å². The Morgan fingerprint density at radius 2 is 1.83 bits per heavy atom. The van der Waals surface area contributed by atoms with Crippen LogP contribution in [-0.4, -0.2) is 26.0 Å². The lowest BCUT2D eigenvalue weighted by Crippen LogP contribution is -2.35. The number of hydrogen-bond acceptors (Lipinski definition) is 3. The molecule has 0 aromatic heterocycles. The van der Waals surface area contributed by atoms with Crippen molar-refractivity contribution in [3.8, 4) is 0 Å². The maximum absolute atomic E-state index is 12.8. The molecule has 0 aliphatic heterocycles. The third kappa shape index (κ3) is 4.04. The van der Waals surface area contributed by atoms with Gasteiger partial charge in [-0.15, -0.1) is 0 Å². The van der Waals surface area contributed by atoms with Gasteiger partial charge in [-0.3, -0.25) is 9.10 Å². The van der Waals surface area contributed by atoms with Crippen molar-refractivity contribution >= 4 is 49.2 Å². The second-order valence-corrected chi connectivity index (χ2v) is 7.94. The summed E-state index contributed by atoms with van der Waals surface area (Å²) in [7, 11) is -4.02. The van der Waals surface area contributed by atoms with E-state index < -0.39 is 22.5 Å². The Kier molecular flexibility index (Phi) is 5.33. The monoisotopic (exact) mass is 417 g/mol. The Morgan fingerprint density at radius 1 is 1.22 bits per heavy atom. The number of carboxylic acids is 1. The first kappa shape index (κ1) is 17.8. The van der Waals surface area contributed by atoms with Crippen molar-refractivity contribution in [1.29, 1.82) is 0 Å². The fourth-order valence-corrected chi connectivity index (χ4v) is 3.74. The zero-order valence-electron chi connectivity index (χ0n) is 12.0. The van der Waals surface area contributed by atoms with Gasteiger partial charge in [-0.25, -0.2) is 8.42 Å². The standard InChI is InChI=1S/C15H13BrClNO4S/c1-10-2-5-12(6-3-10)23(21,22)18(9-15(19)20)11-4-7-13(16)14(17)8-11/h2-8H,9H2,1H3,(H,19,20). The molecule has 2 aromatic rings. The van der Waals surface area contributed by atoms with Crippen LogP contribution in [0.4, 0.5) is 5.69 Å². The maximum Gasteiger partial charge on any atom is 0.324 e. The zero-order chi connectivity index (χ0) is 17.2. The Hall–Kier alpha value is -1.57. The van der Waals surface area contributed by atoms with Crippen molar-refractivity contribution in [1.82, 2.24) is 0 Å². The van der Waals surface area contributed by atoms with E-state index in [0.717, 1.165) is 9.87 Å². The van der Waals surface area contributed by atoms with Crippen molar-refractivity contribution < 1.29 is 18.3 Å². The van der Waals surface area contributed by atoms with Crippen molar-refractivity contribution in [2.75, 3.05) is 10.8 Å². The smallest absolute Gasteiger partial charge is 0.324 e. The summed E-state index contributed by atoms with van der Waals surface area (Å²) in [5.41, 5.74) is 1.08.